The van der Waals surface area contributed by atoms with Crippen LogP contribution in [0.15, 0.2) is 54.7 Å². The van der Waals surface area contributed by atoms with Crippen molar-refractivity contribution >= 4 is 73.9 Å². The van der Waals surface area contributed by atoms with Crippen molar-refractivity contribution in [1.29, 1.82) is 0 Å². The van der Waals surface area contributed by atoms with Crippen molar-refractivity contribution in [3.63, 3.8) is 0 Å². The number of benzene rings is 3. The predicted molar refractivity (Wildman–Crippen MR) is 238 cm³/mol. The molecule has 3 aliphatic heterocycles. The van der Waals surface area contributed by atoms with E-state index in [0.29, 0.717) is 65.5 Å². The van der Waals surface area contributed by atoms with Crippen LogP contribution < -0.4 is 39.4 Å². The van der Waals surface area contributed by atoms with Crippen LogP contribution >= 0.6 is 11.6 Å². The Morgan fingerprint density at radius 1 is 0.952 bits per heavy atom. The number of hydrogen-bond donors (Lipinski definition) is 3. The zero-order valence-corrected chi connectivity index (χ0v) is 37.2. The Balaban J connectivity index is 0.972. The van der Waals surface area contributed by atoms with Crippen molar-refractivity contribution in [1.82, 2.24) is 25.1 Å². The average Bonchev–Trinajstić information content (AvgIpc) is 3.60. The summed E-state index contributed by atoms with van der Waals surface area (Å²) < 4.78 is 43.8. The largest absolute Gasteiger partial charge is 0.494 e. The number of methoxy groups -OCH3 is 2. The van der Waals surface area contributed by atoms with E-state index in [2.05, 4.69) is 49.7 Å². The molecule has 1 atom stereocenters. The molecule has 0 aliphatic carbocycles. The number of likely N-dealkylation sites (N-methyl/N-ethyl adjacent to an activating group) is 1. The molecule has 0 spiro atoms. The Labute approximate surface area is 366 Å². The van der Waals surface area contributed by atoms with Gasteiger partial charge >= 0.3 is 0 Å². The molecule has 2 saturated heterocycles. The summed E-state index contributed by atoms with van der Waals surface area (Å²) in [7, 11) is 3.01. The number of para-hydroxylation sites is 1. The molecule has 3 amide bonds. The van der Waals surface area contributed by atoms with E-state index in [9.17, 15) is 22.8 Å². The van der Waals surface area contributed by atoms with Gasteiger partial charge in [-0.25, -0.2) is 13.4 Å². The summed E-state index contributed by atoms with van der Waals surface area (Å²) in [6.45, 7) is 5.19. The summed E-state index contributed by atoms with van der Waals surface area (Å²) >= 11 is 6.55. The number of ether oxygens (including phenoxy) is 3. The second kappa shape index (κ2) is 18.6. The molecule has 0 radical (unpaired) electrons. The summed E-state index contributed by atoms with van der Waals surface area (Å²) in [6, 6.07) is 14.3. The molecule has 19 heteroatoms. The van der Waals surface area contributed by atoms with Gasteiger partial charge < -0.3 is 34.6 Å². The average molecular weight is 890 g/mol. The molecule has 3 aromatic carbocycles. The van der Waals surface area contributed by atoms with Gasteiger partial charge in [0.25, 0.3) is 5.91 Å². The lowest BCUT2D eigenvalue weighted by molar-refractivity contribution is -0.136. The molecule has 62 heavy (non-hydrogen) atoms. The molecule has 1 aromatic heterocycles. The third kappa shape index (κ3) is 9.31. The van der Waals surface area contributed by atoms with Gasteiger partial charge in [-0.3, -0.25) is 28.9 Å². The lowest BCUT2D eigenvalue weighted by Gasteiger charge is -2.38. The molecule has 1 unspecified atom stereocenters. The summed E-state index contributed by atoms with van der Waals surface area (Å²) in [5, 5.41) is 9.03. The Hall–Kier alpha value is -5.85. The highest BCUT2D eigenvalue weighted by atomic mass is 35.5. The van der Waals surface area contributed by atoms with Crippen molar-refractivity contribution in [2.75, 3.05) is 80.7 Å². The highest BCUT2D eigenvalue weighted by Crippen LogP contribution is 2.41. The first-order chi connectivity index (χ1) is 29.7. The highest BCUT2D eigenvalue weighted by molar-refractivity contribution is 7.92. The monoisotopic (exact) mass is 889 g/mol. The predicted octanol–water partition coefficient (Wildman–Crippen LogP) is 5.33. The number of hydrogen-bond acceptors (Lipinski definition) is 14. The van der Waals surface area contributed by atoms with Crippen LogP contribution in [0.5, 0.6) is 17.2 Å². The van der Waals surface area contributed by atoms with Crippen LogP contribution in [-0.4, -0.2) is 119 Å². The molecule has 3 N–H and O–H groups in total. The van der Waals surface area contributed by atoms with Crippen molar-refractivity contribution in [2.45, 2.75) is 57.7 Å². The smallest absolute Gasteiger partial charge is 0.255 e. The Kier molecular flexibility index (Phi) is 13.3. The normalized spacial score (nSPS) is 16.9. The Morgan fingerprint density at radius 3 is 2.37 bits per heavy atom. The summed E-state index contributed by atoms with van der Waals surface area (Å²) in [5.41, 5.74) is 4.90. The van der Waals surface area contributed by atoms with Crippen LogP contribution in [0.3, 0.4) is 0 Å². The van der Waals surface area contributed by atoms with Crippen LogP contribution in [0.25, 0.3) is 0 Å². The van der Waals surface area contributed by atoms with Gasteiger partial charge in [-0.15, -0.1) is 0 Å². The topological polar surface area (TPSA) is 188 Å². The van der Waals surface area contributed by atoms with Gasteiger partial charge in [0.15, 0.2) is 5.82 Å². The molecule has 3 aliphatic rings. The number of carbonyl (C=O) groups is 3. The number of carbonyl (C=O) groups excluding carboxylic acids is 3. The molecular weight excluding hydrogens is 838 g/mol. The van der Waals surface area contributed by atoms with Gasteiger partial charge in [-0.2, -0.15) is 4.98 Å². The zero-order valence-electron chi connectivity index (χ0n) is 35.7. The molecule has 4 heterocycles. The lowest BCUT2D eigenvalue weighted by atomic mass is 10.0. The van der Waals surface area contributed by atoms with Crippen molar-refractivity contribution in [2.24, 2.45) is 0 Å². The van der Waals surface area contributed by atoms with Gasteiger partial charge in [-0.1, -0.05) is 30.7 Å². The second-order valence-corrected chi connectivity index (χ2v) is 17.9. The maximum atomic E-state index is 13.2. The fourth-order valence-corrected chi connectivity index (χ4v) is 8.88. The number of piperidine rings is 2. The zero-order chi connectivity index (χ0) is 44.3. The lowest BCUT2D eigenvalue weighted by Crippen LogP contribution is -2.52. The van der Waals surface area contributed by atoms with E-state index < -0.39 is 22.0 Å². The molecule has 7 rings (SSSR count). The first kappa shape index (κ1) is 44.2. The molecule has 0 bridgehead atoms. The summed E-state index contributed by atoms with van der Waals surface area (Å²) in [4.78, 5) is 52.8. The fourth-order valence-electron chi connectivity index (χ4n) is 8.22. The van der Waals surface area contributed by atoms with E-state index in [1.165, 1.54) is 25.3 Å². The van der Waals surface area contributed by atoms with Crippen LogP contribution in [0.4, 0.5) is 34.5 Å². The van der Waals surface area contributed by atoms with Crippen LogP contribution in [0, 0.1) is 0 Å². The van der Waals surface area contributed by atoms with Gasteiger partial charge in [0, 0.05) is 62.0 Å². The molecule has 4 aromatic rings. The number of sulfonamides is 1. The third-order valence-electron chi connectivity index (χ3n) is 11.7. The Morgan fingerprint density at radius 2 is 1.68 bits per heavy atom. The number of rotatable bonds is 16. The minimum Gasteiger partial charge on any atom is -0.494 e. The highest BCUT2D eigenvalue weighted by Gasteiger charge is 2.40. The Bertz CT molecular complexity index is 2470. The standard InChI is InChI=1S/C43H52ClN9O8S/c1-7-26-22-32(47-43-45-24-30(44)40(49-43)46-31-11-9-13-36(59-4)39(31)51(3)62(6,57)58)37(60-5)23-34(26)52-18-16-27(17-19-52)50(2)20-21-61-35-12-8-10-28-29(35)25-53(42(28)56)33-14-15-38(54)48-41(33)55/h8-13,22-24,27,33H,7,14-21,25H2,1-6H3,(H,48,54,55)(H2,45,46,47,49). The number of aryl methyl sites for hydroxylation is 1. The number of nitrogens with zero attached hydrogens (tertiary/aromatic N) is 6. The van der Waals surface area contributed by atoms with Crippen molar-refractivity contribution < 1.29 is 37.0 Å². The van der Waals surface area contributed by atoms with E-state index >= 15 is 0 Å². The number of anilines is 6. The fraction of sp³-hybridized carbons (Fsp3) is 0.419. The van der Waals surface area contributed by atoms with Crippen LogP contribution in [-0.2, 0) is 32.6 Å². The van der Waals surface area contributed by atoms with E-state index in [1.54, 1.807) is 37.4 Å². The number of nitrogens with one attached hydrogen (secondary N) is 3. The minimum absolute atomic E-state index is 0.205. The van der Waals surface area contributed by atoms with Gasteiger partial charge in [0.1, 0.15) is 40.6 Å². The number of halogens is 1. The number of imide groups is 1. The van der Waals surface area contributed by atoms with E-state index in [4.69, 9.17) is 25.8 Å². The molecule has 17 nitrogen and oxygen atoms in total. The first-order valence-corrected chi connectivity index (χ1v) is 22.7. The van der Waals surface area contributed by atoms with E-state index in [-0.39, 0.29) is 41.6 Å². The van der Waals surface area contributed by atoms with Gasteiger partial charge in [0.2, 0.25) is 27.8 Å². The van der Waals surface area contributed by atoms with E-state index in [0.717, 1.165) is 59.7 Å². The number of amides is 3. The maximum Gasteiger partial charge on any atom is 0.255 e. The number of aromatic nitrogens is 2. The second-order valence-electron chi connectivity index (χ2n) is 15.5. The van der Waals surface area contributed by atoms with Gasteiger partial charge in [-0.05, 0) is 68.6 Å². The molecular formula is C43H52ClN9O8S. The summed E-state index contributed by atoms with van der Waals surface area (Å²) in [6.07, 6.45) is 5.75. The molecule has 0 saturated carbocycles. The van der Waals surface area contributed by atoms with Crippen molar-refractivity contribution in [3.05, 3.63) is 76.4 Å². The van der Waals surface area contributed by atoms with Gasteiger partial charge in [0.05, 0.1) is 44.6 Å². The summed E-state index contributed by atoms with van der Waals surface area (Å²) in [5.74, 6) is 1.12. The van der Waals surface area contributed by atoms with Crippen LogP contribution in [0.2, 0.25) is 5.02 Å². The third-order valence-corrected chi connectivity index (χ3v) is 13.2. The molecule has 330 valence electrons. The SMILES string of the molecule is CCc1cc(Nc2ncc(Cl)c(Nc3cccc(OC)c3N(C)S(C)(=O)=O)n2)c(OC)cc1N1CCC(N(C)CCOc2cccc3c2CN(C2CCC(=O)NC2=O)C3=O)CC1. The van der Waals surface area contributed by atoms with Crippen LogP contribution in [0.1, 0.15) is 54.1 Å². The van der Waals surface area contributed by atoms with Crippen molar-refractivity contribution in [3.8, 4) is 17.2 Å². The minimum atomic E-state index is -3.63. The quantitative estimate of drug-likeness (QED) is 0.123. The first-order valence-electron chi connectivity index (χ1n) is 20.4. The molecule has 2 fully saturated rings. The van der Waals surface area contributed by atoms with E-state index in [1.807, 2.05) is 18.2 Å². The number of fused-ring (bicyclic) bond motifs is 1. The maximum absolute atomic E-state index is 13.2.